The Morgan fingerprint density at radius 3 is 2.48 bits per heavy atom. The van der Waals surface area contributed by atoms with Crippen LogP contribution in [0.15, 0.2) is 30.3 Å². The van der Waals surface area contributed by atoms with Crippen molar-refractivity contribution in [1.82, 2.24) is 5.32 Å². The van der Waals surface area contributed by atoms with Gasteiger partial charge in [-0.25, -0.2) is 8.42 Å². The van der Waals surface area contributed by atoms with Crippen molar-refractivity contribution in [3.8, 4) is 0 Å². The molecule has 2 atom stereocenters. The Kier molecular flexibility index (Phi) is 4.02. The first-order chi connectivity index (χ1) is 10.1. The third-order valence-corrected chi connectivity index (χ3v) is 6.66. The highest BCUT2D eigenvalue weighted by atomic mass is 32.2. The Morgan fingerprint density at radius 1 is 1.14 bits per heavy atom. The largest absolute Gasteiger partial charge is 0.352 e. The van der Waals surface area contributed by atoms with Crippen LogP contribution in [0.25, 0.3) is 0 Å². The number of amides is 1. The van der Waals surface area contributed by atoms with Crippen molar-refractivity contribution in [1.29, 1.82) is 0 Å². The molecule has 0 radical (unpaired) electrons. The lowest BCUT2D eigenvalue weighted by Crippen LogP contribution is -2.35. The molecule has 114 valence electrons. The van der Waals surface area contributed by atoms with Crippen molar-refractivity contribution in [2.45, 2.75) is 49.3 Å². The van der Waals surface area contributed by atoms with Gasteiger partial charge in [0.2, 0.25) is 5.91 Å². The van der Waals surface area contributed by atoms with Gasteiger partial charge in [0, 0.05) is 12.0 Å². The van der Waals surface area contributed by atoms with Gasteiger partial charge in [-0.15, -0.1) is 0 Å². The molecule has 5 heteroatoms. The van der Waals surface area contributed by atoms with Crippen LogP contribution in [0.5, 0.6) is 0 Å². The zero-order valence-electron chi connectivity index (χ0n) is 12.0. The molecule has 2 aliphatic carbocycles. The summed E-state index contributed by atoms with van der Waals surface area (Å²) in [5.41, 5.74) is 1.21. The number of hydrogen-bond acceptors (Lipinski definition) is 3. The quantitative estimate of drug-likeness (QED) is 0.905. The highest BCUT2D eigenvalue weighted by Crippen LogP contribution is 2.40. The van der Waals surface area contributed by atoms with Gasteiger partial charge in [0.05, 0.1) is 5.25 Å². The molecule has 1 aromatic rings. The molecular formula is C16H21NO3S. The van der Waals surface area contributed by atoms with Crippen LogP contribution in [0.3, 0.4) is 0 Å². The first-order valence-electron chi connectivity index (χ1n) is 7.62. The summed E-state index contributed by atoms with van der Waals surface area (Å²) in [5, 5.41) is 2.57. The van der Waals surface area contributed by atoms with Crippen LogP contribution in [0, 0.1) is 0 Å². The van der Waals surface area contributed by atoms with Gasteiger partial charge < -0.3 is 5.32 Å². The lowest BCUT2D eigenvalue weighted by molar-refractivity contribution is -0.118. The molecule has 1 aromatic carbocycles. The summed E-state index contributed by atoms with van der Waals surface area (Å²) >= 11 is 0. The summed E-state index contributed by atoms with van der Waals surface area (Å²) in [6, 6.07) is 10.1. The summed E-state index contributed by atoms with van der Waals surface area (Å²) in [5.74, 6) is -0.356. The smallest absolute Gasteiger partial charge is 0.235 e. The summed E-state index contributed by atoms with van der Waals surface area (Å²) in [7, 11) is -3.27. The molecule has 2 aliphatic rings. The molecule has 1 amide bonds. The van der Waals surface area contributed by atoms with Gasteiger partial charge in [0.15, 0.2) is 9.84 Å². The predicted molar refractivity (Wildman–Crippen MR) is 81.8 cm³/mol. The molecule has 4 nitrogen and oxygen atoms in total. The maximum absolute atomic E-state index is 12.1. The molecule has 0 heterocycles. The minimum atomic E-state index is -3.27. The van der Waals surface area contributed by atoms with Crippen LogP contribution in [-0.2, 0) is 14.6 Å². The van der Waals surface area contributed by atoms with Crippen LogP contribution in [0.2, 0.25) is 0 Å². The molecule has 0 unspecified atom stereocenters. The van der Waals surface area contributed by atoms with Crippen molar-refractivity contribution in [3.05, 3.63) is 35.9 Å². The third-order valence-electron chi connectivity index (χ3n) is 4.51. The van der Waals surface area contributed by atoms with Crippen LogP contribution in [-0.4, -0.2) is 31.4 Å². The SMILES string of the molecule is O=C(CS(=O)(=O)C1CCCC1)N[C@@H]1C[C@@H]1c1ccccc1. The van der Waals surface area contributed by atoms with Gasteiger partial charge in [-0.3, -0.25) is 4.79 Å². The van der Waals surface area contributed by atoms with E-state index in [1.807, 2.05) is 30.3 Å². The normalized spacial score (nSPS) is 25.7. The van der Waals surface area contributed by atoms with E-state index >= 15 is 0 Å². The van der Waals surface area contributed by atoms with Gasteiger partial charge in [-0.2, -0.15) is 0 Å². The third kappa shape index (κ3) is 3.46. The van der Waals surface area contributed by atoms with E-state index in [1.54, 1.807) is 0 Å². The second kappa shape index (κ2) is 5.79. The average Bonchev–Trinajstić information content (AvgIpc) is 2.99. The Bertz CT molecular complexity index is 606. The van der Waals surface area contributed by atoms with E-state index < -0.39 is 9.84 Å². The van der Waals surface area contributed by atoms with E-state index in [0.29, 0.717) is 18.8 Å². The zero-order valence-corrected chi connectivity index (χ0v) is 12.8. The van der Waals surface area contributed by atoms with Gasteiger partial charge in [0.25, 0.3) is 0 Å². The minimum Gasteiger partial charge on any atom is -0.352 e. The number of benzene rings is 1. The van der Waals surface area contributed by atoms with E-state index in [-0.39, 0.29) is 23.0 Å². The van der Waals surface area contributed by atoms with Crippen molar-refractivity contribution < 1.29 is 13.2 Å². The minimum absolute atomic E-state index is 0.0960. The molecule has 0 aromatic heterocycles. The summed E-state index contributed by atoms with van der Waals surface area (Å²) in [4.78, 5) is 12.0. The zero-order chi connectivity index (χ0) is 14.9. The summed E-state index contributed by atoms with van der Waals surface area (Å²) in [6.07, 6.45) is 4.25. The number of nitrogens with one attached hydrogen (secondary N) is 1. The van der Waals surface area contributed by atoms with Gasteiger partial charge in [-0.05, 0) is 24.8 Å². The Hall–Kier alpha value is -1.36. The molecule has 1 N–H and O–H groups in total. The first kappa shape index (κ1) is 14.6. The predicted octanol–water partition coefficient (Wildman–Crippen LogP) is 2.02. The Morgan fingerprint density at radius 2 is 1.81 bits per heavy atom. The van der Waals surface area contributed by atoms with Crippen LogP contribution in [0.4, 0.5) is 0 Å². The number of hydrogen-bond donors (Lipinski definition) is 1. The lowest BCUT2D eigenvalue weighted by atomic mass is 10.1. The van der Waals surface area contributed by atoms with Crippen LogP contribution in [0.1, 0.15) is 43.6 Å². The summed E-state index contributed by atoms with van der Waals surface area (Å²) < 4.78 is 24.3. The molecule has 0 aliphatic heterocycles. The fourth-order valence-corrected chi connectivity index (χ4v) is 4.96. The second-order valence-corrected chi connectivity index (χ2v) is 8.42. The van der Waals surface area contributed by atoms with Crippen molar-refractivity contribution in [2.75, 3.05) is 5.75 Å². The molecule has 2 saturated carbocycles. The van der Waals surface area contributed by atoms with Crippen molar-refractivity contribution in [3.63, 3.8) is 0 Å². The maximum Gasteiger partial charge on any atom is 0.235 e. The topological polar surface area (TPSA) is 63.2 Å². The van der Waals surface area contributed by atoms with E-state index in [2.05, 4.69) is 5.32 Å². The lowest BCUT2D eigenvalue weighted by Gasteiger charge is -2.11. The van der Waals surface area contributed by atoms with Crippen LogP contribution < -0.4 is 5.32 Å². The van der Waals surface area contributed by atoms with E-state index in [4.69, 9.17) is 0 Å². The number of rotatable bonds is 5. The van der Waals surface area contributed by atoms with Crippen molar-refractivity contribution in [2.24, 2.45) is 0 Å². The van der Waals surface area contributed by atoms with Crippen molar-refractivity contribution >= 4 is 15.7 Å². The number of sulfone groups is 1. The van der Waals surface area contributed by atoms with Gasteiger partial charge in [0.1, 0.15) is 5.75 Å². The maximum atomic E-state index is 12.1. The van der Waals surface area contributed by atoms with E-state index in [9.17, 15) is 13.2 Å². The number of carbonyl (C=O) groups is 1. The number of carbonyl (C=O) groups excluding carboxylic acids is 1. The van der Waals surface area contributed by atoms with Gasteiger partial charge in [-0.1, -0.05) is 43.2 Å². The monoisotopic (exact) mass is 307 g/mol. The summed E-state index contributed by atoms with van der Waals surface area (Å²) in [6.45, 7) is 0. The fourth-order valence-electron chi connectivity index (χ4n) is 3.22. The Labute approximate surface area is 125 Å². The van der Waals surface area contributed by atoms with Crippen LogP contribution >= 0.6 is 0 Å². The van der Waals surface area contributed by atoms with E-state index in [1.165, 1.54) is 5.56 Å². The first-order valence-corrected chi connectivity index (χ1v) is 9.34. The molecule has 0 spiro atoms. The molecule has 0 bridgehead atoms. The molecular weight excluding hydrogens is 286 g/mol. The highest BCUT2D eigenvalue weighted by Gasteiger charge is 2.40. The standard InChI is InChI=1S/C16H21NO3S/c18-16(11-21(19,20)13-8-4-5-9-13)17-15-10-14(15)12-6-2-1-3-7-12/h1-3,6-7,13-15H,4-5,8-11H2,(H,17,18)/t14-,15-/m1/s1. The average molecular weight is 307 g/mol. The second-order valence-electron chi connectivity index (χ2n) is 6.14. The Balaban J connectivity index is 1.52. The highest BCUT2D eigenvalue weighted by molar-refractivity contribution is 7.92. The molecule has 2 fully saturated rings. The van der Waals surface area contributed by atoms with E-state index in [0.717, 1.165) is 19.3 Å². The molecule has 3 rings (SSSR count). The fraction of sp³-hybridized carbons (Fsp3) is 0.562. The van der Waals surface area contributed by atoms with Gasteiger partial charge >= 0.3 is 0 Å². The molecule has 0 saturated heterocycles. The molecule has 21 heavy (non-hydrogen) atoms.